The topological polar surface area (TPSA) is 72.9 Å². The van der Waals surface area contributed by atoms with Crippen LogP contribution in [0.3, 0.4) is 0 Å². The van der Waals surface area contributed by atoms with Gasteiger partial charge >= 0.3 is 0 Å². The van der Waals surface area contributed by atoms with Crippen LogP contribution >= 0.6 is 0 Å². The van der Waals surface area contributed by atoms with Crippen LogP contribution in [0.1, 0.15) is 29.6 Å². The third-order valence-corrected chi connectivity index (χ3v) is 6.80. The van der Waals surface area contributed by atoms with Gasteiger partial charge in [-0.1, -0.05) is 12.1 Å². The molecule has 0 unspecified atom stereocenters. The van der Waals surface area contributed by atoms with Crippen molar-refractivity contribution in [2.75, 3.05) is 18.6 Å². The number of ether oxygens (including phenoxy) is 2. The fraction of sp³-hybridized carbons (Fsp3) is 0.375. The van der Waals surface area contributed by atoms with E-state index < -0.39 is 0 Å². The molecule has 2 aromatic carbocycles. The van der Waals surface area contributed by atoms with E-state index in [9.17, 15) is 14.4 Å². The summed E-state index contributed by atoms with van der Waals surface area (Å²) in [6, 6.07) is 13.8. The van der Waals surface area contributed by atoms with E-state index >= 15 is 0 Å². The summed E-state index contributed by atoms with van der Waals surface area (Å²) in [7, 11) is 1.57. The number of fused-ring (bicyclic) bond motifs is 5. The molecule has 4 atom stereocenters. The van der Waals surface area contributed by atoms with Crippen LogP contribution in [0.25, 0.3) is 0 Å². The lowest BCUT2D eigenvalue weighted by Gasteiger charge is -2.20. The highest BCUT2D eigenvalue weighted by molar-refractivity contribution is 6.23. The first-order valence-electron chi connectivity index (χ1n) is 10.4. The summed E-state index contributed by atoms with van der Waals surface area (Å²) in [5.41, 5.74) is 0.941. The number of nitrogens with zero attached hydrogens (tertiary/aromatic N) is 1. The molecule has 30 heavy (non-hydrogen) atoms. The molecular weight excluding hydrogens is 382 g/mol. The van der Waals surface area contributed by atoms with E-state index in [0.717, 1.165) is 19.3 Å². The molecule has 1 heterocycles. The first-order chi connectivity index (χ1) is 14.6. The van der Waals surface area contributed by atoms with E-state index in [2.05, 4.69) is 0 Å². The normalized spacial score (nSPS) is 26.8. The standard InChI is InChI=1S/C24H23NO5/c1-29-17-10-8-14(9-11-17)19(26)13-30-20-5-3-2-4-18(20)25-23(27)21-15-6-7-16(12-15)22(21)24(25)28/h2-5,8-11,15-16,21-22H,6-7,12-13H2,1H3/t15-,16-,21-,22-/m0/s1. The Morgan fingerprint density at radius 2 is 1.60 bits per heavy atom. The third-order valence-electron chi connectivity index (χ3n) is 6.80. The molecule has 2 bridgehead atoms. The predicted octanol–water partition coefficient (Wildman–Crippen LogP) is 3.49. The monoisotopic (exact) mass is 405 g/mol. The summed E-state index contributed by atoms with van der Waals surface area (Å²) in [5.74, 6) is 0.885. The van der Waals surface area contributed by atoms with Crippen molar-refractivity contribution in [1.29, 1.82) is 0 Å². The average Bonchev–Trinajstić information content (AvgIpc) is 3.46. The van der Waals surface area contributed by atoms with Crippen molar-refractivity contribution >= 4 is 23.3 Å². The summed E-state index contributed by atoms with van der Waals surface area (Å²) >= 11 is 0. The van der Waals surface area contributed by atoms with Gasteiger partial charge in [0.1, 0.15) is 11.5 Å². The molecular formula is C24H23NO5. The molecule has 0 radical (unpaired) electrons. The molecule has 0 aromatic heterocycles. The number of amides is 2. The number of carbonyl (C=O) groups is 3. The quantitative estimate of drug-likeness (QED) is 0.543. The Hall–Kier alpha value is -3.15. The van der Waals surface area contributed by atoms with Crippen molar-refractivity contribution in [2.24, 2.45) is 23.7 Å². The summed E-state index contributed by atoms with van der Waals surface area (Å²) < 4.78 is 10.9. The Morgan fingerprint density at radius 3 is 2.23 bits per heavy atom. The summed E-state index contributed by atoms with van der Waals surface area (Å²) in [6.07, 6.45) is 3.07. The van der Waals surface area contributed by atoms with E-state index in [0.29, 0.717) is 34.6 Å². The Bertz CT molecular complexity index is 987. The number of ketones is 1. The van der Waals surface area contributed by atoms with Crippen LogP contribution in [0.2, 0.25) is 0 Å². The van der Waals surface area contributed by atoms with Crippen molar-refractivity contribution in [2.45, 2.75) is 19.3 Å². The zero-order valence-corrected chi connectivity index (χ0v) is 16.7. The van der Waals surface area contributed by atoms with E-state index in [4.69, 9.17) is 9.47 Å². The molecule has 1 aliphatic heterocycles. The van der Waals surface area contributed by atoms with E-state index in [1.54, 1.807) is 55.6 Å². The van der Waals surface area contributed by atoms with Gasteiger partial charge in [-0.05, 0) is 67.5 Å². The van der Waals surface area contributed by atoms with Crippen LogP contribution in [-0.4, -0.2) is 31.3 Å². The van der Waals surface area contributed by atoms with Crippen molar-refractivity contribution in [3.63, 3.8) is 0 Å². The molecule has 2 amide bonds. The van der Waals surface area contributed by atoms with Crippen LogP contribution in [0.5, 0.6) is 11.5 Å². The van der Waals surface area contributed by atoms with Crippen LogP contribution in [-0.2, 0) is 9.59 Å². The fourth-order valence-electron chi connectivity index (χ4n) is 5.41. The van der Waals surface area contributed by atoms with Gasteiger partial charge < -0.3 is 9.47 Å². The number of hydrogen-bond acceptors (Lipinski definition) is 5. The lowest BCUT2D eigenvalue weighted by Crippen LogP contribution is -2.33. The molecule has 6 heteroatoms. The number of methoxy groups -OCH3 is 1. The van der Waals surface area contributed by atoms with Gasteiger partial charge in [0.25, 0.3) is 0 Å². The van der Waals surface area contributed by atoms with Gasteiger partial charge in [-0.3, -0.25) is 14.4 Å². The first-order valence-corrected chi connectivity index (χ1v) is 10.4. The Kier molecular flexibility index (Phi) is 4.57. The second-order valence-electron chi connectivity index (χ2n) is 8.30. The summed E-state index contributed by atoms with van der Waals surface area (Å²) in [5, 5.41) is 0. The molecule has 2 aromatic rings. The maximum Gasteiger partial charge on any atom is 0.238 e. The van der Waals surface area contributed by atoms with Crippen molar-refractivity contribution in [3.8, 4) is 11.5 Å². The molecule has 5 rings (SSSR count). The second-order valence-corrected chi connectivity index (χ2v) is 8.30. The van der Waals surface area contributed by atoms with Gasteiger partial charge in [-0.2, -0.15) is 0 Å². The van der Waals surface area contributed by atoms with Gasteiger partial charge in [-0.15, -0.1) is 0 Å². The van der Waals surface area contributed by atoms with Gasteiger partial charge in [0, 0.05) is 5.56 Å². The molecule has 1 saturated heterocycles. The highest BCUT2D eigenvalue weighted by Gasteiger charge is 2.61. The number of anilines is 1. The lowest BCUT2D eigenvalue weighted by molar-refractivity contribution is -0.123. The van der Waals surface area contributed by atoms with Crippen LogP contribution < -0.4 is 14.4 Å². The third kappa shape index (κ3) is 2.90. The molecule has 2 aliphatic carbocycles. The molecule has 3 aliphatic rings. The van der Waals surface area contributed by atoms with Gasteiger partial charge in [0.2, 0.25) is 11.8 Å². The van der Waals surface area contributed by atoms with Crippen LogP contribution in [0, 0.1) is 23.7 Å². The van der Waals surface area contributed by atoms with Gasteiger partial charge in [0.15, 0.2) is 12.4 Å². The Labute approximate surface area is 174 Å². The largest absolute Gasteiger partial charge is 0.497 e. The van der Waals surface area contributed by atoms with Gasteiger partial charge in [-0.25, -0.2) is 4.90 Å². The summed E-state index contributed by atoms with van der Waals surface area (Å²) in [6.45, 7) is -0.183. The van der Waals surface area contributed by atoms with Gasteiger partial charge in [0.05, 0.1) is 24.6 Å². The zero-order chi connectivity index (χ0) is 20.8. The first kappa shape index (κ1) is 18.9. The highest BCUT2D eigenvalue weighted by atomic mass is 16.5. The molecule has 0 N–H and O–H groups in total. The van der Waals surface area contributed by atoms with E-state index in [-0.39, 0.29) is 36.0 Å². The second kappa shape index (κ2) is 7.27. The lowest BCUT2D eigenvalue weighted by atomic mass is 9.81. The number of rotatable bonds is 6. The minimum absolute atomic E-state index is 0.116. The van der Waals surface area contributed by atoms with Crippen molar-refractivity contribution < 1.29 is 23.9 Å². The molecule has 154 valence electrons. The Morgan fingerprint density at radius 1 is 0.967 bits per heavy atom. The number of hydrogen-bond donors (Lipinski definition) is 0. The number of imide groups is 1. The molecule has 0 spiro atoms. The SMILES string of the molecule is COc1ccc(C(=O)COc2ccccc2N2C(=O)[C@H]3[C@H]4CC[C@@H](C4)[C@@H]3C2=O)cc1. The predicted molar refractivity (Wildman–Crippen MR) is 110 cm³/mol. The number of Topliss-reactive ketones (excluding diaryl/α,β-unsaturated/α-hetero) is 1. The van der Waals surface area contributed by atoms with Crippen LogP contribution in [0.15, 0.2) is 48.5 Å². The summed E-state index contributed by atoms with van der Waals surface area (Å²) in [4.78, 5) is 40.1. The highest BCUT2D eigenvalue weighted by Crippen LogP contribution is 2.57. The van der Waals surface area contributed by atoms with Crippen molar-refractivity contribution in [3.05, 3.63) is 54.1 Å². The maximum atomic E-state index is 13.1. The zero-order valence-electron chi connectivity index (χ0n) is 16.7. The minimum Gasteiger partial charge on any atom is -0.497 e. The van der Waals surface area contributed by atoms with Crippen LogP contribution in [0.4, 0.5) is 5.69 Å². The maximum absolute atomic E-state index is 13.1. The number of benzene rings is 2. The average molecular weight is 405 g/mol. The number of para-hydroxylation sites is 2. The molecule has 3 fully saturated rings. The van der Waals surface area contributed by atoms with E-state index in [1.165, 1.54) is 4.90 Å². The van der Waals surface area contributed by atoms with E-state index in [1.807, 2.05) is 0 Å². The molecule has 2 saturated carbocycles. The Balaban J connectivity index is 1.35. The smallest absolute Gasteiger partial charge is 0.238 e. The number of carbonyl (C=O) groups excluding carboxylic acids is 3. The molecule has 6 nitrogen and oxygen atoms in total. The van der Waals surface area contributed by atoms with Crippen molar-refractivity contribution in [1.82, 2.24) is 0 Å². The fourth-order valence-corrected chi connectivity index (χ4v) is 5.41. The minimum atomic E-state index is -0.193.